The Morgan fingerprint density at radius 2 is 1.96 bits per heavy atom. The summed E-state index contributed by atoms with van der Waals surface area (Å²) >= 11 is 8.11. The lowest BCUT2D eigenvalue weighted by Crippen LogP contribution is -2.43. The van der Waals surface area contributed by atoms with E-state index in [-0.39, 0.29) is 11.3 Å². The molecule has 4 rings (SSSR count). The van der Waals surface area contributed by atoms with Gasteiger partial charge in [-0.3, -0.25) is 4.79 Å². The lowest BCUT2D eigenvalue weighted by molar-refractivity contribution is -0.139. The molecule has 1 fully saturated rings. The van der Waals surface area contributed by atoms with Crippen molar-refractivity contribution in [2.75, 3.05) is 12.3 Å². The zero-order valence-corrected chi connectivity index (χ0v) is 14.7. The number of fused-ring (bicyclic) bond motifs is 1. The number of benzene rings is 2. The number of amides is 1. The predicted octanol–water partition coefficient (Wildman–Crippen LogP) is 4.31. The van der Waals surface area contributed by atoms with E-state index in [1.54, 1.807) is 11.8 Å². The summed E-state index contributed by atoms with van der Waals surface area (Å²) in [5.74, 6) is 1.83. The molecule has 0 radical (unpaired) electrons. The molecule has 124 valence electrons. The number of rotatable bonds is 2. The van der Waals surface area contributed by atoms with Crippen LogP contribution >= 0.6 is 23.4 Å². The second-order valence-electron chi connectivity index (χ2n) is 6.03. The summed E-state index contributed by atoms with van der Waals surface area (Å²) in [7, 11) is 0. The van der Waals surface area contributed by atoms with Crippen LogP contribution < -0.4 is 4.74 Å². The van der Waals surface area contributed by atoms with Crippen LogP contribution in [-0.2, 0) is 11.2 Å². The summed E-state index contributed by atoms with van der Waals surface area (Å²) in [6.45, 7) is 0.737. The first-order chi connectivity index (χ1) is 11.7. The molecule has 2 aliphatic rings. The van der Waals surface area contributed by atoms with Gasteiger partial charge in [-0.05, 0) is 30.5 Å². The smallest absolute Gasteiger partial charge is 0.264 e. The second-order valence-corrected chi connectivity index (χ2v) is 7.62. The molecule has 2 aromatic rings. The predicted molar refractivity (Wildman–Crippen MR) is 97.5 cm³/mol. The summed E-state index contributed by atoms with van der Waals surface area (Å²) in [6, 6.07) is 15.7. The minimum absolute atomic E-state index is 0.0213. The number of carbonyl (C=O) groups excluding carboxylic acids is 1. The molecular weight excluding hydrogens is 342 g/mol. The van der Waals surface area contributed by atoms with Crippen LogP contribution in [0.15, 0.2) is 48.5 Å². The number of halogens is 1. The minimum Gasteiger partial charge on any atom is -0.480 e. The Kier molecular flexibility index (Phi) is 4.42. The molecule has 0 spiro atoms. The van der Waals surface area contributed by atoms with Gasteiger partial charge in [0.05, 0.1) is 0 Å². The van der Waals surface area contributed by atoms with E-state index < -0.39 is 6.10 Å². The fourth-order valence-electron chi connectivity index (χ4n) is 3.31. The minimum atomic E-state index is -0.399. The molecular formula is C19H18ClNO2S. The highest BCUT2D eigenvalue weighted by molar-refractivity contribution is 7.99. The van der Waals surface area contributed by atoms with Crippen molar-refractivity contribution in [2.45, 2.75) is 24.3 Å². The quantitative estimate of drug-likeness (QED) is 0.800. The molecule has 5 heteroatoms. The van der Waals surface area contributed by atoms with E-state index in [1.165, 1.54) is 5.56 Å². The van der Waals surface area contributed by atoms with Gasteiger partial charge in [-0.2, -0.15) is 0 Å². The highest BCUT2D eigenvalue weighted by Gasteiger charge is 2.37. The molecule has 3 nitrogen and oxygen atoms in total. The van der Waals surface area contributed by atoms with Crippen molar-refractivity contribution < 1.29 is 9.53 Å². The van der Waals surface area contributed by atoms with Crippen molar-refractivity contribution in [3.63, 3.8) is 0 Å². The average molecular weight is 360 g/mol. The zero-order valence-electron chi connectivity index (χ0n) is 13.2. The number of carbonyl (C=O) groups is 1. The molecule has 0 aromatic heterocycles. The van der Waals surface area contributed by atoms with E-state index in [0.717, 1.165) is 36.5 Å². The van der Waals surface area contributed by atoms with Gasteiger partial charge in [0.25, 0.3) is 5.91 Å². The maximum atomic E-state index is 13.0. The van der Waals surface area contributed by atoms with Crippen molar-refractivity contribution in [1.29, 1.82) is 0 Å². The molecule has 1 saturated heterocycles. The van der Waals surface area contributed by atoms with E-state index >= 15 is 0 Å². The summed E-state index contributed by atoms with van der Waals surface area (Å²) in [5.41, 5.74) is 2.19. The maximum Gasteiger partial charge on any atom is 0.264 e. The summed E-state index contributed by atoms with van der Waals surface area (Å²) in [5, 5.41) is 0.691. The van der Waals surface area contributed by atoms with Gasteiger partial charge in [0.15, 0.2) is 6.10 Å². The van der Waals surface area contributed by atoms with Crippen molar-refractivity contribution in [1.82, 2.24) is 4.90 Å². The van der Waals surface area contributed by atoms with Crippen molar-refractivity contribution in [3.8, 4) is 5.75 Å². The van der Waals surface area contributed by atoms with Gasteiger partial charge in [-0.1, -0.05) is 48.0 Å². The number of hydrogen-bond donors (Lipinski definition) is 0. The third-order valence-electron chi connectivity index (χ3n) is 4.54. The zero-order chi connectivity index (χ0) is 16.5. The van der Waals surface area contributed by atoms with Gasteiger partial charge in [0.1, 0.15) is 11.1 Å². The van der Waals surface area contributed by atoms with E-state index in [1.807, 2.05) is 47.4 Å². The molecule has 0 saturated carbocycles. The molecule has 2 aromatic carbocycles. The van der Waals surface area contributed by atoms with Crippen LogP contribution in [0.25, 0.3) is 0 Å². The van der Waals surface area contributed by atoms with Gasteiger partial charge in [-0.25, -0.2) is 0 Å². The molecule has 2 aliphatic heterocycles. The topological polar surface area (TPSA) is 29.5 Å². The number of thioether (sulfide) groups is 1. The van der Waals surface area contributed by atoms with Gasteiger partial charge in [0.2, 0.25) is 0 Å². The van der Waals surface area contributed by atoms with Gasteiger partial charge in [0, 0.05) is 22.9 Å². The first-order valence-corrected chi connectivity index (χ1v) is 9.58. The van der Waals surface area contributed by atoms with Gasteiger partial charge >= 0.3 is 0 Å². The van der Waals surface area contributed by atoms with Crippen LogP contribution in [0.5, 0.6) is 5.75 Å². The van der Waals surface area contributed by atoms with Crippen molar-refractivity contribution in [3.05, 3.63) is 64.7 Å². The lowest BCUT2D eigenvalue weighted by atomic mass is 10.0. The molecule has 2 heterocycles. The van der Waals surface area contributed by atoms with Crippen LogP contribution in [0.1, 0.15) is 22.9 Å². The van der Waals surface area contributed by atoms with Crippen LogP contribution in [0.3, 0.4) is 0 Å². The second kappa shape index (κ2) is 6.69. The highest BCUT2D eigenvalue weighted by atomic mass is 35.5. The fraction of sp³-hybridized carbons (Fsp3) is 0.316. The third kappa shape index (κ3) is 2.89. The third-order valence-corrected chi connectivity index (χ3v) is 6.13. The summed E-state index contributed by atoms with van der Waals surface area (Å²) in [4.78, 5) is 15.0. The van der Waals surface area contributed by atoms with Gasteiger partial charge < -0.3 is 9.64 Å². The monoisotopic (exact) mass is 359 g/mol. The summed E-state index contributed by atoms with van der Waals surface area (Å²) < 4.78 is 5.99. The molecule has 0 N–H and O–H groups in total. The molecule has 0 bridgehead atoms. The Morgan fingerprint density at radius 1 is 1.17 bits per heavy atom. The molecule has 1 amide bonds. The number of ether oxygens (including phenoxy) is 1. The largest absolute Gasteiger partial charge is 0.480 e. The maximum absolute atomic E-state index is 13.0. The van der Waals surface area contributed by atoms with Crippen LogP contribution in [-0.4, -0.2) is 29.2 Å². The normalized spacial score (nSPS) is 22.8. The van der Waals surface area contributed by atoms with E-state index in [0.29, 0.717) is 5.02 Å². The van der Waals surface area contributed by atoms with Crippen molar-refractivity contribution in [2.24, 2.45) is 0 Å². The summed E-state index contributed by atoms with van der Waals surface area (Å²) in [6.07, 6.45) is 1.21. The number of aryl methyl sites for hydroxylation is 1. The highest BCUT2D eigenvalue weighted by Crippen LogP contribution is 2.41. The van der Waals surface area contributed by atoms with E-state index in [9.17, 15) is 4.79 Å². The van der Waals surface area contributed by atoms with E-state index in [4.69, 9.17) is 16.3 Å². The number of nitrogens with zero attached hydrogens (tertiary/aromatic N) is 1. The molecule has 2 atom stereocenters. The molecule has 0 aliphatic carbocycles. The first-order valence-electron chi connectivity index (χ1n) is 8.15. The van der Waals surface area contributed by atoms with E-state index in [2.05, 4.69) is 6.07 Å². The average Bonchev–Trinajstić information content (AvgIpc) is 3.10. The Labute approximate surface area is 150 Å². The number of para-hydroxylation sites is 1. The number of hydrogen-bond acceptors (Lipinski definition) is 3. The van der Waals surface area contributed by atoms with Crippen LogP contribution in [0.2, 0.25) is 5.02 Å². The van der Waals surface area contributed by atoms with Crippen LogP contribution in [0.4, 0.5) is 0 Å². The molecule has 2 unspecified atom stereocenters. The van der Waals surface area contributed by atoms with Crippen molar-refractivity contribution >= 4 is 29.3 Å². The Morgan fingerprint density at radius 3 is 2.83 bits per heavy atom. The SMILES string of the molecule is O=C(C1CCc2ccccc2O1)N1CCSC1c1ccccc1Cl. The standard InChI is InChI=1S/C19H18ClNO2S/c20-15-7-3-2-6-14(15)19-21(11-12-24-19)18(22)17-10-9-13-5-1-4-8-16(13)23-17/h1-8,17,19H,9-12H2. The molecule has 24 heavy (non-hydrogen) atoms. The van der Waals surface area contributed by atoms with Crippen LogP contribution in [0, 0.1) is 0 Å². The lowest BCUT2D eigenvalue weighted by Gasteiger charge is -2.31. The Bertz CT molecular complexity index is 767. The van der Waals surface area contributed by atoms with Gasteiger partial charge in [-0.15, -0.1) is 11.8 Å². The first kappa shape index (κ1) is 15.9. The fourth-order valence-corrected chi connectivity index (χ4v) is 4.92. The Balaban J connectivity index is 1.55. The Hall–Kier alpha value is -1.65.